The number of likely N-dealkylation sites (tertiary alicyclic amines) is 1. The lowest BCUT2D eigenvalue weighted by Crippen LogP contribution is -2.51. The van der Waals surface area contributed by atoms with Gasteiger partial charge in [0.05, 0.1) is 24.8 Å². The quantitative estimate of drug-likeness (QED) is 0.487. The van der Waals surface area contributed by atoms with E-state index < -0.39 is 24.0 Å². The second-order valence-corrected chi connectivity index (χ2v) is 11.7. The van der Waals surface area contributed by atoms with Crippen LogP contribution >= 0.6 is 11.6 Å². The molecule has 0 radical (unpaired) electrons. The Bertz CT molecular complexity index is 1280. The van der Waals surface area contributed by atoms with E-state index in [9.17, 15) is 19.2 Å². The average Bonchev–Trinajstić information content (AvgIpc) is 3.66. The van der Waals surface area contributed by atoms with Gasteiger partial charge in [0.25, 0.3) is 5.91 Å². The summed E-state index contributed by atoms with van der Waals surface area (Å²) in [6.45, 7) is 0.466. The van der Waals surface area contributed by atoms with Crippen molar-refractivity contribution < 1.29 is 28.7 Å². The summed E-state index contributed by atoms with van der Waals surface area (Å²) in [6, 6.07) is 3.49. The number of carbonyl (C=O) groups is 4. The number of ether oxygens (including phenoxy) is 2. The largest absolute Gasteiger partial charge is 0.496 e. The van der Waals surface area contributed by atoms with Gasteiger partial charge in [0.2, 0.25) is 5.91 Å². The number of hydrogen-bond acceptors (Lipinski definition) is 6. The number of Topliss-reactive ketones (excluding diaryl/α,β-unsaturated/α-hetero) is 1. The standard InChI is InChI=1S/C29H36ClN3O6/c1-38-24-10-9-19(30)25-18(24)14-20(31-25)27(36)33-16-29(11-4-3-5-12-29)15-22(33)26(35)32-21(28(37)39-2)13-17-7-6-8-23(17)34/h9-10,14,17,21-22,31H,3-8,11-13,15-16H2,1-2H3,(H,32,35)/t17-,21-,22?/m0/s1. The molecule has 1 saturated heterocycles. The third kappa shape index (κ3) is 5.38. The zero-order valence-electron chi connectivity index (χ0n) is 22.5. The summed E-state index contributed by atoms with van der Waals surface area (Å²) >= 11 is 6.40. The number of aromatic amines is 1. The summed E-state index contributed by atoms with van der Waals surface area (Å²) in [7, 11) is 2.83. The molecule has 2 saturated carbocycles. The van der Waals surface area contributed by atoms with E-state index in [1.165, 1.54) is 7.11 Å². The highest BCUT2D eigenvalue weighted by Crippen LogP contribution is 2.47. The molecule has 3 aliphatic rings. The van der Waals surface area contributed by atoms with Gasteiger partial charge in [-0.15, -0.1) is 0 Å². The monoisotopic (exact) mass is 557 g/mol. The minimum atomic E-state index is -0.939. The second-order valence-electron chi connectivity index (χ2n) is 11.3. The van der Waals surface area contributed by atoms with Crippen LogP contribution in [0.25, 0.3) is 10.9 Å². The molecular weight excluding hydrogens is 522 g/mol. The normalized spacial score (nSPS) is 23.3. The first-order chi connectivity index (χ1) is 18.7. The molecule has 5 rings (SSSR count). The maximum absolute atomic E-state index is 14.0. The van der Waals surface area contributed by atoms with Gasteiger partial charge in [-0.2, -0.15) is 0 Å². The van der Waals surface area contributed by atoms with Gasteiger partial charge in [-0.05, 0) is 62.1 Å². The van der Waals surface area contributed by atoms with Gasteiger partial charge in [-0.1, -0.05) is 30.9 Å². The maximum atomic E-state index is 14.0. The van der Waals surface area contributed by atoms with E-state index in [0.29, 0.717) is 53.2 Å². The van der Waals surface area contributed by atoms with Gasteiger partial charge >= 0.3 is 5.97 Å². The molecule has 210 valence electrons. The number of carbonyl (C=O) groups excluding carboxylic acids is 4. The predicted octanol–water partition coefficient (Wildman–Crippen LogP) is 4.41. The van der Waals surface area contributed by atoms with Crippen LogP contribution in [0.3, 0.4) is 0 Å². The van der Waals surface area contributed by atoms with Gasteiger partial charge in [-0.3, -0.25) is 14.4 Å². The Morgan fingerprint density at radius 3 is 2.62 bits per heavy atom. The Hall–Kier alpha value is -3.07. The first kappa shape index (κ1) is 27.5. The van der Waals surface area contributed by atoms with Crippen LogP contribution in [-0.4, -0.2) is 66.3 Å². The topological polar surface area (TPSA) is 118 Å². The number of nitrogens with zero attached hydrogens (tertiary/aromatic N) is 1. The lowest BCUT2D eigenvalue weighted by atomic mass is 9.72. The van der Waals surface area contributed by atoms with Crippen LogP contribution in [0.2, 0.25) is 5.02 Å². The molecular formula is C29H36ClN3O6. The summed E-state index contributed by atoms with van der Waals surface area (Å²) in [5, 5.41) is 4.01. The van der Waals surface area contributed by atoms with Crippen molar-refractivity contribution in [3.05, 3.63) is 28.9 Å². The highest BCUT2D eigenvalue weighted by Gasteiger charge is 2.49. The van der Waals surface area contributed by atoms with E-state index in [1.54, 1.807) is 30.2 Å². The highest BCUT2D eigenvalue weighted by atomic mass is 35.5. The van der Waals surface area contributed by atoms with E-state index in [1.807, 2.05) is 0 Å². The van der Waals surface area contributed by atoms with Gasteiger partial charge in [0.1, 0.15) is 29.3 Å². The number of esters is 1. The smallest absolute Gasteiger partial charge is 0.328 e. The van der Waals surface area contributed by atoms with E-state index in [2.05, 4.69) is 10.3 Å². The van der Waals surface area contributed by atoms with Gasteiger partial charge < -0.3 is 24.7 Å². The number of methoxy groups -OCH3 is 2. The summed E-state index contributed by atoms with van der Waals surface area (Å²) < 4.78 is 10.4. The van der Waals surface area contributed by atoms with Crippen molar-refractivity contribution in [2.45, 2.75) is 76.3 Å². The number of benzene rings is 1. The van der Waals surface area contributed by atoms with E-state index >= 15 is 0 Å². The molecule has 9 nitrogen and oxygen atoms in total. The third-order valence-corrected chi connectivity index (χ3v) is 9.21. The second kappa shape index (κ2) is 11.2. The van der Waals surface area contributed by atoms with Gasteiger partial charge in [-0.25, -0.2) is 4.79 Å². The SMILES string of the molecule is COC(=O)[C@H](C[C@@H]1CCCC1=O)NC(=O)C1CC2(CCCCC2)CN1C(=O)c1cc2c(OC)ccc(Cl)c2[nH]1. The molecule has 1 aliphatic heterocycles. The van der Waals surface area contributed by atoms with Crippen LogP contribution in [0.1, 0.15) is 74.7 Å². The number of hydrogen-bond donors (Lipinski definition) is 2. The minimum absolute atomic E-state index is 0.116. The summed E-state index contributed by atoms with van der Waals surface area (Å²) in [4.78, 5) is 57.4. The molecule has 2 aliphatic carbocycles. The van der Waals surface area contributed by atoms with E-state index in [4.69, 9.17) is 21.1 Å². The molecule has 39 heavy (non-hydrogen) atoms. The van der Waals surface area contributed by atoms with Crippen LogP contribution in [0.4, 0.5) is 0 Å². The molecule has 1 aromatic heterocycles. The van der Waals surface area contributed by atoms with Crippen LogP contribution in [0, 0.1) is 11.3 Å². The van der Waals surface area contributed by atoms with Crippen molar-refractivity contribution >= 4 is 46.1 Å². The zero-order chi connectivity index (χ0) is 27.7. The van der Waals surface area contributed by atoms with Gasteiger partial charge in [0.15, 0.2) is 0 Å². The zero-order valence-corrected chi connectivity index (χ0v) is 23.3. The molecule has 2 amide bonds. The lowest BCUT2D eigenvalue weighted by Gasteiger charge is -2.32. The molecule has 2 N–H and O–H groups in total. The Labute approximate surface area is 232 Å². The van der Waals surface area contributed by atoms with E-state index in [-0.39, 0.29) is 29.4 Å². The molecule has 1 spiro atoms. The fraction of sp³-hybridized carbons (Fsp3) is 0.586. The van der Waals surface area contributed by atoms with Crippen LogP contribution in [-0.2, 0) is 19.1 Å². The van der Waals surface area contributed by atoms with Gasteiger partial charge in [0, 0.05) is 24.3 Å². The average molecular weight is 558 g/mol. The Balaban J connectivity index is 1.43. The third-order valence-electron chi connectivity index (χ3n) is 8.89. The number of rotatable bonds is 7. The number of ketones is 1. The predicted molar refractivity (Wildman–Crippen MR) is 146 cm³/mol. The number of nitrogens with one attached hydrogen (secondary N) is 2. The molecule has 3 atom stereocenters. The van der Waals surface area contributed by atoms with Crippen LogP contribution in [0.5, 0.6) is 5.75 Å². The molecule has 1 aromatic carbocycles. The van der Waals surface area contributed by atoms with Crippen molar-refractivity contribution in [2.75, 3.05) is 20.8 Å². The molecule has 0 bridgehead atoms. The number of H-pyrrole nitrogens is 1. The molecule has 10 heteroatoms. The summed E-state index contributed by atoms with van der Waals surface area (Å²) in [6.07, 6.45) is 7.90. The molecule has 3 fully saturated rings. The highest BCUT2D eigenvalue weighted by molar-refractivity contribution is 6.35. The molecule has 2 aromatic rings. The van der Waals surface area contributed by atoms with Crippen molar-refractivity contribution in [2.24, 2.45) is 11.3 Å². The minimum Gasteiger partial charge on any atom is -0.496 e. The number of fused-ring (bicyclic) bond motifs is 1. The molecule has 2 heterocycles. The first-order valence-electron chi connectivity index (χ1n) is 13.8. The fourth-order valence-electron chi connectivity index (χ4n) is 6.82. The van der Waals surface area contributed by atoms with Crippen molar-refractivity contribution in [3.8, 4) is 5.75 Å². The van der Waals surface area contributed by atoms with Crippen LogP contribution in [0.15, 0.2) is 18.2 Å². The molecule has 1 unspecified atom stereocenters. The van der Waals surface area contributed by atoms with Crippen molar-refractivity contribution in [3.63, 3.8) is 0 Å². The summed E-state index contributed by atoms with van der Waals surface area (Å²) in [5.41, 5.74) is 0.779. The summed E-state index contributed by atoms with van der Waals surface area (Å²) in [5.74, 6) is -0.836. The van der Waals surface area contributed by atoms with Crippen LogP contribution < -0.4 is 10.1 Å². The van der Waals surface area contributed by atoms with Crippen molar-refractivity contribution in [1.82, 2.24) is 15.2 Å². The number of aromatic nitrogens is 1. The Kier molecular flexibility index (Phi) is 7.89. The fourth-order valence-corrected chi connectivity index (χ4v) is 7.03. The van der Waals surface area contributed by atoms with E-state index in [0.717, 1.165) is 38.5 Å². The maximum Gasteiger partial charge on any atom is 0.328 e. The Morgan fingerprint density at radius 1 is 1.18 bits per heavy atom. The first-order valence-corrected chi connectivity index (χ1v) is 14.2. The number of halogens is 1. The Morgan fingerprint density at radius 2 is 1.95 bits per heavy atom. The lowest BCUT2D eigenvalue weighted by molar-refractivity contribution is -0.146. The number of amides is 2. The van der Waals surface area contributed by atoms with Crippen molar-refractivity contribution in [1.29, 1.82) is 0 Å².